The van der Waals surface area contributed by atoms with E-state index in [2.05, 4.69) is 10.6 Å². The van der Waals surface area contributed by atoms with Crippen LogP contribution in [-0.2, 0) is 42.1 Å². The first-order valence-corrected chi connectivity index (χ1v) is 8.21. The van der Waals surface area contributed by atoms with E-state index in [1.54, 1.807) is 0 Å². The van der Waals surface area contributed by atoms with Gasteiger partial charge in [0.1, 0.15) is 0 Å². The van der Waals surface area contributed by atoms with Gasteiger partial charge < -0.3 is 92.3 Å². The third-order valence-corrected chi connectivity index (χ3v) is 2.29. The van der Waals surface area contributed by atoms with Crippen LogP contribution in [0.1, 0.15) is 25.7 Å². The summed E-state index contributed by atoms with van der Waals surface area (Å²) in [6.07, 6.45) is 4.93. The second kappa shape index (κ2) is 83.5. The number of halogens is 2. The fourth-order valence-electron chi connectivity index (χ4n) is 1.39. The Balaban J connectivity index is -0.0000000203. The van der Waals surface area contributed by atoms with Crippen molar-refractivity contribution in [2.24, 2.45) is 11.5 Å². The molecule has 0 aromatic rings. The molecular formula is C10H44Cl2N12O12Pt2+4. The van der Waals surface area contributed by atoms with Crippen LogP contribution >= 0.6 is 0 Å². The van der Waals surface area contributed by atoms with Gasteiger partial charge in [-0.1, -0.05) is 0 Å². The zero-order valence-corrected chi connectivity index (χ0v) is 26.5. The number of hydrogen-bond donors (Lipinski definition) is 12. The Morgan fingerprint density at radius 1 is 0.500 bits per heavy atom. The molecule has 0 bridgehead atoms. The van der Waals surface area contributed by atoms with Gasteiger partial charge in [-0.15, -0.1) is 40.5 Å². The van der Waals surface area contributed by atoms with Crippen molar-refractivity contribution in [3.05, 3.63) is 40.5 Å². The van der Waals surface area contributed by atoms with Crippen LogP contribution in [0.5, 0.6) is 0 Å². The molecule has 0 heterocycles. The van der Waals surface area contributed by atoms with Gasteiger partial charge in [0.25, 0.3) is 20.3 Å². The van der Waals surface area contributed by atoms with Gasteiger partial charge in [0.15, 0.2) is 0 Å². The molecular weight excluding hydrogens is 941 g/mol. The average Bonchev–Trinajstić information content (AvgIpc) is 2.54. The molecule has 0 aliphatic rings. The molecule has 38 heavy (non-hydrogen) atoms. The fraction of sp³-hybridized carbons (Fsp3) is 1.00. The number of rotatable bonds is 11. The van der Waals surface area contributed by atoms with E-state index in [-0.39, 0.29) is 91.5 Å². The van der Waals surface area contributed by atoms with E-state index in [0.717, 1.165) is 25.9 Å². The summed E-state index contributed by atoms with van der Waals surface area (Å²) >= 11 is 0. The Bertz CT molecular complexity index is 356. The molecule has 24 N–H and O–H groups in total. The summed E-state index contributed by atoms with van der Waals surface area (Å²) in [5, 5.41) is 59.3. The van der Waals surface area contributed by atoms with Crippen molar-refractivity contribution in [2.75, 3.05) is 39.3 Å². The van der Waals surface area contributed by atoms with E-state index in [1.165, 1.54) is 39.0 Å². The van der Waals surface area contributed by atoms with Gasteiger partial charge in [-0.2, -0.15) is 0 Å². The summed E-state index contributed by atoms with van der Waals surface area (Å²) in [4.78, 5) is 33.4. The number of hydrogen-bond acceptors (Lipinski definition) is 14. The first-order chi connectivity index (χ1) is 13.8. The predicted molar refractivity (Wildman–Crippen MR) is 115 cm³/mol. The van der Waals surface area contributed by atoms with Crippen LogP contribution in [-0.4, -0.2) is 80.4 Å². The Morgan fingerprint density at radius 2 is 0.632 bits per heavy atom. The van der Waals surface area contributed by atoms with Crippen LogP contribution in [0.25, 0.3) is 0 Å². The van der Waals surface area contributed by atoms with Crippen LogP contribution in [0.3, 0.4) is 0 Å². The van der Waals surface area contributed by atoms with E-state index in [1.807, 2.05) is 0 Å². The summed E-state index contributed by atoms with van der Waals surface area (Å²) in [6, 6.07) is 0. The third-order valence-electron chi connectivity index (χ3n) is 2.29. The number of unbranched alkanes of at least 4 members (excludes halogenated alkanes) is 1. The Morgan fingerprint density at radius 3 is 0.763 bits per heavy atom. The third kappa shape index (κ3) is 432. The molecule has 0 aromatic heterocycles. The minimum absolute atomic E-state index is 0. The monoisotopic (exact) mass is 984 g/mol. The molecule has 0 aromatic carbocycles. The zero-order valence-electron chi connectivity index (χ0n) is 20.4. The molecule has 0 radical (unpaired) electrons. The van der Waals surface area contributed by atoms with Crippen molar-refractivity contribution < 1.29 is 119 Å². The molecule has 0 unspecified atom stereocenters. The van der Waals surface area contributed by atoms with Gasteiger partial charge in [0.05, 0.1) is 26.2 Å². The molecule has 0 saturated carbocycles. The number of nitrogens with two attached hydrogens (primary N) is 4. The van der Waals surface area contributed by atoms with Crippen molar-refractivity contribution in [1.29, 1.82) is 0 Å². The van der Waals surface area contributed by atoms with E-state index < -0.39 is 20.3 Å². The Hall–Kier alpha value is -1.56. The quantitative estimate of drug-likeness (QED) is 0.0519. The minimum Gasteiger partial charge on any atom is -1.00 e. The zero-order chi connectivity index (χ0) is 24.8. The van der Waals surface area contributed by atoms with E-state index >= 15 is 0 Å². The van der Waals surface area contributed by atoms with Gasteiger partial charge in [0, 0.05) is 25.7 Å². The normalized spacial score (nSPS) is 6.47. The van der Waals surface area contributed by atoms with Crippen molar-refractivity contribution in [3.63, 3.8) is 0 Å². The van der Waals surface area contributed by atoms with Crippen LogP contribution in [0.2, 0.25) is 0 Å². The maximum absolute atomic E-state index is 8.36. The van der Waals surface area contributed by atoms with E-state index in [4.69, 9.17) is 72.8 Å². The second-order valence-electron chi connectivity index (χ2n) is 4.67. The van der Waals surface area contributed by atoms with Crippen molar-refractivity contribution >= 4 is 0 Å². The van der Waals surface area contributed by atoms with Gasteiger partial charge in [-0.25, -0.2) is 0 Å². The molecule has 0 saturated heterocycles. The molecule has 0 amide bonds. The fourth-order valence-corrected chi connectivity index (χ4v) is 1.39. The molecule has 28 heteroatoms. The largest absolute Gasteiger partial charge is 2.00 e. The van der Waals surface area contributed by atoms with Crippen LogP contribution in [0, 0.1) is 40.5 Å². The van der Waals surface area contributed by atoms with E-state index in [9.17, 15) is 0 Å². The maximum atomic E-state index is 8.36. The summed E-state index contributed by atoms with van der Waals surface area (Å²) < 4.78 is 0. The van der Waals surface area contributed by atoms with Gasteiger partial charge in [0.2, 0.25) is 0 Å². The van der Waals surface area contributed by atoms with Gasteiger partial charge in [-0.05, 0) is 13.1 Å². The smallest absolute Gasteiger partial charge is 1.00 e. The van der Waals surface area contributed by atoms with Crippen LogP contribution in [0.4, 0.5) is 0 Å². The topological polar surface area (TPSA) is 479 Å². The van der Waals surface area contributed by atoms with Crippen LogP contribution in [0.15, 0.2) is 0 Å². The first kappa shape index (κ1) is 83.3. The summed E-state index contributed by atoms with van der Waals surface area (Å²) in [5.74, 6) is 0. The molecule has 0 fully saturated rings. The molecule has 0 aliphatic carbocycles. The van der Waals surface area contributed by atoms with E-state index in [0.29, 0.717) is 0 Å². The molecule has 0 rings (SSSR count). The average molecular weight is 986 g/mol. The Kier molecular flexibility index (Phi) is 183. The van der Waals surface area contributed by atoms with Crippen molar-refractivity contribution in [2.45, 2.75) is 25.7 Å². The molecule has 24 nitrogen and oxygen atoms in total. The Labute approximate surface area is 259 Å². The molecule has 0 aliphatic heterocycles. The molecule has 0 atom stereocenters. The standard InChI is InChI=1S/C10H26N4.2ClH.4HNO3.4H3N.2Pt/c11-5-3-9-13-7-1-2-8-14-10-4-6-12;;;4*2-1(3)4;;;;;;/h13-14H,1-12H2;2*1H;4*(H,2,3,4);4*1H3;;/q;;;;;;;;;;;2*+2. The van der Waals surface area contributed by atoms with Crippen LogP contribution < -0.4 is 71.5 Å². The summed E-state index contributed by atoms with van der Waals surface area (Å²) in [5.41, 5.74) is 10.8. The molecule has 246 valence electrons. The van der Waals surface area contributed by atoms with Gasteiger partial charge in [-0.3, -0.25) is 0 Å². The first-order valence-electron chi connectivity index (χ1n) is 8.21. The SMILES string of the molecule is N.N.N.N.NCCC[NH2+]CCCC[NH2+]CCCN.O=[N+]([O-])O.O=[N+]([O-])O.O=[N+]([O-])O.O=[N+]([O-])O.[Cl-].[Cl-].[Pt+2].[Pt+2]. The summed E-state index contributed by atoms with van der Waals surface area (Å²) in [7, 11) is 0. The van der Waals surface area contributed by atoms with Crippen molar-refractivity contribution in [1.82, 2.24) is 24.6 Å². The van der Waals surface area contributed by atoms with Gasteiger partial charge >= 0.3 is 42.1 Å². The maximum Gasteiger partial charge on any atom is 2.00 e. The number of quaternary nitrogens is 2. The predicted octanol–water partition coefficient (Wildman–Crippen LogP) is -9.15. The van der Waals surface area contributed by atoms with Crippen molar-refractivity contribution in [3.8, 4) is 0 Å². The minimum atomic E-state index is -1.50. The summed E-state index contributed by atoms with van der Waals surface area (Å²) in [6.45, 7) is 6.53. The second-order valence-corrected chi connectivity index (χ2v) is 4.67. The molecule has 0 spiro atoms. The number of nitrogens with zero attached hydrogens (tertiary/aromatic N) is 4.